The Bertz CT molecular complexity index is 837. The summed E-state index contributed by atoms with van der Waals surface area (Å²) in [5.41, 5.74) is 1.67. The second-order valence-electron chi connectivity index (χ2n) is 7.04. The van der Waals surface area contributed by atoms with E-state index in [2.05, 4.69) is 29.8 Å². The Labute approximate surface area is 169 Å². The highest BCUT2D eigenvalue weighted by Gasteiger charge is 2.28. The molecule has 5 nitrogen and oxygen atoms in total. The van der Waals surface area contributed by atoms with Gasteiger partial charge in [0.25, 0.3) is 0 Å². The molecule has 1 aliphatic heterocycles. The first kappa shape index (κ1) is 19.8. The van der Waals surface area contributed by atoms with Crippen molar-refractivity contribution >= 4 is 28.8 Å². The van der Waals surface area contributed by atoms with Crippen LogP contribution in [0.5, 0.6) is 0 Å². The Hall–Kier alpha value is -1.94. The van der Waals surface area contributed by atoms with Gasteiger partial charge in [-0.1, -0.05) is 43.6 Å². The Kier molecular flexibility index (Phi) is 6.48. The van der Waals surface area contributed by atoms with Gasteiger partial charge in [-0.2, -0.15) is 5.26 Å². The SMILES string of the molecule is CC(C)C(C#N)N1CCN(C(=O)Cc2csc(-c3ccccc3Cl)n2)CC1. The number of carbonyl (C=O) groups excluding carboxylic acids is 1. The Balaban J connectivity index is 1.58. The van der Waals surface area contributed by atoms with Gasteiger partial charge in [-0.15, -0.1) is 11.3 Å². The largest absolute Gasteiger partial charge is 0.340 e. The minimum atomic E-state index is -0.0843. The smallest absolute Gasteiger partial charge is 0.228 e. The third-order valence-corrected chi connectivity index (χ3v) is 6.07. The number of hydrogen-bond acceptors (Lipinski definition) is 5. The normalized spacial score (nSPS) is 16.3. The van der Waals surface area contributed by atoms with Crippen molar-refractivity contribution in [1.82, 2.24) is 14.8 Å². The van der Waals surface area contributed by atoms with Crippen molar-refractivity contribution in [3.63, 3.8) is 0 Å². The van der Waals surface area contributed by atoms with Gasteiger partial charge in [-0.3, -0.25) is 9.69 Å². The summed E-state index contributed by atoms with van der Waals surface area (Å²) in [5.74, 6) is 0.374. The molecule has 27 heavy (non-hydrogen) atoms. The minimum absolute atomic E-state index is 0.0843. The van der Waals surface area contributed by atoms with Crippen LogP contribution in [0.2, 0.25) is 5.02 Å². The van der Waals surface area contributed by atoms with Crippen LogP contribution in [0.4, 0.5) is 0 Å². The van der Waals surface area contributed by atoms with E-state index in [4.69, 9.17) is 11.6 Å². The molecule has 3 rings (SSSR count). The van der Waals surface area contributed by atoms with Crippen LogP contribution in [-0.2, 0) is 11.2 Å². The molecule has 1 fully saturated rings. The molecule has 2 aromatic rings. The first-order valence-electron chi connectivity index (χ1n) is 9.10. The van der Waals surface area contributed by atoms with Gasteiger partial charge >= 0.3 is 0 Å². The van der Waals surface area contributed by atoms with Crippen LogP contribution in [0.1, 0.15) is 19.5 Å². The molecule has 1 saturated heterocycles. The van der Waals surface area contributed by atoms with Crippen molar-refractivity contribution in [2.24, 2.45) is 5.92 Å². The van der Waals surface area contributed by atoms with Crippen LogP contribution < -0.4 is 0 Å². The van der Waals surface area contributed by atoms with Gasteiger partial charge in [-0.25, -0.2) is 4.98 Å². The molecular formula is C20H23ClN4OS. The summed E-state index contributed by atoms with van der Waals surface area (Å²) in [5, 5.41) is 12.8. The van der Waals surface area contributed by atoms with E-state index in [0.717, 1.165) is 29.4 Å². The molecule has 2 heterocycles. The van der Waals surface area contributed by atoms with Crippen molar-refractivity contribution in [3.05, 3.63) is 40.4 Å². The van der Waals surface area contributed by atoms with Crippen LogP contribution in [0.25, 0.3) is 10.6 Å². The average molecular weight is 403 g/mol. The van der Waals surface area contributed by atoms with Gasteiger partial charge in [0.15, 0.2) is 0 Å². The summed E-state index contributed by atoms with van der Waals surface area (Å²) in [6, 6.07) is 9.89. The van der Waals surface area contributed by atoms with Crippen molar-refractivity contribution in [2.45, 2.75) is 26.3 Å². The first-order chi connectivity index (χ1) is 13.0. The van der Waals surface area contributed by atoms with E-state index >= 15 is 0 Å². The van der Waals surface area contributed by atoms with Crippen LogP contribution in [0.3, 0.4) is 0 Å². The fraction of sp³-hybridized carbons (Fsp3) is 0.450. The van der Waals surface area contributed by atoms with E-state index in [0.29, 0.717) is 24.5 Å². The maximum absolute atomic E-state index is 12.6. The Morgan fingerprint density at radius 3 is 2.63 bits per heavy atom. The zero-order valence-corrected chi connectivity index (χ0v) is 17.1. The second-order valence-corrected chi connectivity index (χ2v) is 8.30. The lowest BCUT2D eigenvalue weighted by molar-refractivity contribution is -0.132. The number of aromatic nitrogens is 1. The molecule has 1 aliphatic rings. The van der Waals surface area contributed by atoms with Gasteiger partial charge in [0, 0.05) is 37.1 Å². The number of thiazole rings is 1. The van der Waals surface area contributed by atoms with Crippen LogP contribution in [-0.4, -0.2) is 52.9 Å². The van der Waals surface area contributed by atoms with E-state index < -0.39 is 0 Å². The monoisotopic (exact) mass is 402 g/mol. The highest BCUT2D eigenvalue weighted by Crippen LogP contribution is 2.30. The third-order valence-electron chi connectivity index (χ3n) is 4.81. The molecule has 1 unspecified atom stereocenters. The predicted molar refractivity (Wildman–Crippen MR) is 109 cm³/mol. The zero-order valence-electron chi connectivity index (χ0n) is 15.6. The molecule has 1 amide bonds. The predicted octanol–water partition coefficient (Wildman–Crippen LogP) is 3.70. The average Bonchev–Trinajstić information content (AvgIpc) is 3.11. The molecule has 0 saturated carbocycles. The number of hydrogen-bond donors (Lipinski definition) is 0. The van der Waals surface area contributed by atoms with Crippen molar-refractivity contribution in [3.8, 4) is 16.6 Å². The summed E-state index contributed by atoms with van der Waals surface area (Å²) in [6.07, 6.45) is 0.298. The van der Waals surface area contributed by atoms with Gasteiger partial charge in [0.2, 0.25) is 5.91 Å². The van der Waals surface area contributed by atoms with Gasteiger partial charge < -0.3 is 4.90 Å². The molecule has 0 spiro atoms. The van der Waals surface area contributed by atoms with E-state index in [1.807, 2.05) is 34.5 Å². The van der Waals surface area contributed by atoms with E-state index in [9.17, 15) is 10.1 Å². The maximum atomic E-state index is 12.6. The number of benzene rings is 1. The molecule has 1 aromatic carbocycles. The maximum Gasteiger partial charge on any atom is 0.228 e. The van der Waals surface area contributed by atoms with Crippen molar-refractivity contribution in [1.29, 1.82) is 5.26 Å². The number of rotatable bonds is 5. The number of nitrogens with zero attached hydrogens (tertiary/aromatic N) is 4. The first-order valence-corrected chi connectivity index (χ1v) is 10.4. The summed E-state index contributed by atoms with van der Waals surface area (Å²) < 4.78 is 0. The summed E-state index contributed by atoms with van der Waals surface area (Å²) in [7, 11) is 0. The van der Waals surface area contributed by atoms with Crippen molar-refractivity contribution in [2.75, 3.05) is 26.2 Å². The highest BCUT2D eigenvalue weighted by molar-refractivity contribution is 7.13. The van der Waals surface area contributed by atoms with Gasteiger partial charge in [0.1, 0.15) is 11.0 Å². The van der Waals surface area contributed by atoms with Crippen LogP contribution in [0.15, 0.2) is 29.6 Å². The van der Waals surface area contributed by atoms with Crippen LogP contribution in [0, 0.1) is 17.2 Å². The lowest BCUT2D eigenvalue weighted by Gasteiger charge is -2.38. The number of carbonyl (C=O) groups is 1. The fourth-order valence-electron chi connectivity index (χ4n) is 3.32. The molecule has 0 N–H and O–H groups in total. The fourth-order valence-corrected chi connectivity index (χ4v) is 4.46. The summed E-state index contributed by atoms with van der Waals surface area (Å²) in [4.78, 5) is 21.3. The van der Waals surface area contributed by atoms with E-state index in [1.54, 1.807) is 0 Å². The van der Waals surface area contributed by atoms with Crippen molar-refractivity contribution < 1.29 is 4.79 Å². The quantitative estimate of drug-likeness (QED) is 0.765. The number of halogens is 1. The number of piperazine rings is 1. The molecule has 0 radical (unpaired) electrons. The Morgan fingerprint density at radius 2 is 2.00 bits per heavy atom. The highest BCUT2D eigenvalue weighted by atomic mass is 35.5. The molecule has 7 heteroatoms. The van der Waals surface area contributed by atoms with Crippen LogP contribution >= 0.6 is 22.9 Å². The number of amides is 1. The number of nitriles is 1. The third kappa shape index (κ3) is 4.67. The lowest BCUT2D eigenvalue weighted by Crippen LogP contribution is -2.53. The van der Waals surface area contributed by atoms with Gasteiger partial charge in [-0.05, 0) is 12.0 Å². The molecular weight excluding hydrogens is 380 g/mol. The topological polar surface area (TPSA) is 60.2 Å². The minimum Gasteiger partial charge on any atom is -0.340 e. The lowest BCUT2D eigenvalue weighted by atomic mass is 10.0. The molecule has 0 bridgehead atoms. The van der Waals surface area contributed by atoms with E-state index in [1.165, 1.54) is 11.3 Å². The molecule has 1 atom stereocenters. The summed E-state index contributed by atoms with van der Waals surface area (Å²) >= 11 is 7.74. The molecule has 1 aromatic heterocycles. The Morgan fingerprint density at radius 1 is 1.30 bits per heavy atom. The molecule has 0 aliphatic carbocycles. The summed E-state index contributed by atoms with van der Waals surface area (Å²) in [6.45, 7) is 6.92. The second kappa shape index (κ2) is 8.83. The zero-order chi connectivity index (χ0) is 19.4. The van der Waals surface area contributed by atoms with E-state index in [-0.39, 0.29) is 17.9 Å². The molecule has 142 valence electrons. The van der Waals surface area contributed by atoms with Gasteiger partial charge in [0.05, 0.1) is 23.2 Å². The standard InChI is InChI=1S/C20H23ClN4OS/c1-14(2)18(12-22)24-7-9-25(10-8-24)19(26)11-15-13-27-20(23-15)16-5-3-4-6-17(16)21/h3-6,13-14,18H,7-11H2,1-2H3.